The zero-order valence-corrected chi connectivity index (χ0v) is 13.4. The van der Waals surface area contributed by atoms with E-state index in [1.165, 1.54) is 60.8 Å². The lowest BCUT2D eigenvalue weighted by atomic mass is 9.86. The summed E-state index contributed by atoms with van der Waals surface area (Å²) in [5.74, 6) is 0. The molecule has 3 rings (SSSR count). The van der Waals surface area contributed by atoms with Gasteiger partial charge in [-0.05, 0) is 0 Å². The van der Waals surface area contributed by atoms with Crippen molar-refractivity contribution in [1.82, 2.24) is 0 Å². The van der Waals surface area contributed by atoms with Crippen molar-refractivity contribution in [1.29, 1.82) is 0 Å². The fourth-order valence-corrected chi connectivity index (χ4v) is 4.56. The number of morpholine rings is 2. The summed E-state index contributed by atoms with van der Waals surface area (Å²) in [6.07, 6.45) is 5.65. The Morgan fingerprint density at radius 2 is 0.900 bits per heavy atom. The zero-order chi connectivity index (χ0) is 14.1. The molecule has 2 saturated heterocycles. The van der Waals surface area contributed by atoms with Crippen LogP contribution in [0.25, 0.3) is 0 Å². The second-order valence-electron chi connectivity index (χ2n) is 7.54. The lowest BCUT2D eigenvalue weighted by Crippen LogP contribution is -2.63. The van der Waals surface area contributed by atoms with Crippen molar-refractivity contribution >= 4 is 0 Å². The molecule has 0 atom stereocenters. The molecule has 0 unspecified atom stereocenters. The summed E-state index contributed by atoms with van der Waals surface area (Å²) in [5, 5.41) is 0. The lowest BCUT2D eigenvalue weighted by Gasteiger charge is -2.50. The highest BCUT2D eigenvalue weighted by atomic mass is 16.5. The molecule has 0 amide bonds. The maximum Gasteiger partial charge on any atom is 0.102 e. The smallest absolute Gasteiger partial charge is 0.102 e. The van der Waals surface area contributed by atoms with Gasteiger partial charge in [-0.15, -0.1) is 0 Å². The van der Waals surface area contributed by atoms with Gasteiger partial charge in [-0.2, -0.15) is 0 Å². The summed E-state index contributed by atoms with van der Waals surface area (Å²) in [4.78, 5) is 0. The summed E-state index contributed by atoms with van der Waals surface area (Å²) >= 11 is 0. The van der Waals surface area contributed by atoms with E-state index in [1.807, 2.05) is 0 Å². The number of hydrogen-bond donors (Lipinski definition) is 0. The number of likely N-dealkylation sites (N-methyl/N-ethyl adjacent to an activating group) is 2. The van der Waals surface area contributed by atoms with Crippen LogP contribution in [-0.2, 0) is 9.47 Å². The summed E-state index contributed by atoms with van der Waals surface area (Å²) in [6, 6.07) is 1.76. The van der Waals surface area contributed by atoms with Gasteiger partial charge in [0, 0.05) is 25.7 Å². The van der Waals surface area contributed by atoms with E-state index in [0.29, 0.717) is 0 Å². The molecular formula is C16H32N2O2+2. The molecule has 2 aliphatic heterocycles. The van der Waals surface area contributed by atoms with Crippen LogP contribution in [0.1, 0.15) is 25.7 Å². The summed E-state index contributed by atoms with van der Waals surface area (Å²) in [7, 11) is 4.91. The molecule has 116 valence electrons. The van der Waals surface area contributed by atoms with Crippen LogP contribution >= 0.6 is 0 Å². The van der Waals surface area contributed by atoms with Gasteiger partial charge in [0.1, 0.15) is 26.2 Å². The van der Waals surface area contributed by atoms with Gasteiger partial charge in [0.2, 0.25) is 0 Å². The molecule has 4 nitrogen and oxygen atoms in total. The number of rotatable bonds is 2. The third kappa shape index (κ3) is 2.89. The quantitative estimate of drug-likeness (QED) is 0.711. The van der Waals surface area contributed by atoms with E-state index < -0.39 is 0 Å². The van der Waals surface area contributed by atoms with Crippen molar-refractivity contribution < 1.29 is 18.4 Å². The molecule has 4 heteroatoms. The SMILES string of the molecule is C[N+]1(C2CCC([N+]3(C)CCOCC3)CC2)CCOCC1. The predicted octanol–water partition coefficient (Wildman–Crippen LogP) is 1.25. The first-order chi connectivity index (χ1) is 9.62. The molecule has 0 aromatic heterocycles. The van der Waals surface area contributed by atoms with Crippen LogP contribution in [0.15, 0.2) is 0 Å². The Balaban J connectivity index is 1.56. The molecule has 20 heavy (non-hydrogen) atoms. The number of ether oxygens (including phenoxy) is 2. The fourth-order valence-electron chi connectivity index (χ4n) is 4.56. The molecule has 3 fully saturated rings. The molecule has 1 saturated carbocycles. The second-order valence-corrected chi connectivity index (χ2v) is 7.54. The van der Waals surface area contributed by atoms with Gasteiger partial charge in [-0.25, -0.2) is 0 Å². The molecule has 2 heterocycles. The van der Waals surface area contributed by atoms with Gasteiger partial charge in [0.05, 0.1) is 52.6 Å². The van der Waals surface area contributed by atoms with Crippen molar-refractivity contribution in [3.05, 3.63) is 0 Å². The number of nitrogens with zero attached hydrogens (tertiary/aromatic N) is 2. The predicted molar refractivity (Wildman–Crippen MR) is 79.5 cm³/mol. The van der Waals surface area contributed by atoms with Gasteiger partial charge >= 0.3 is 0 Å². The molecule has 0 spiro atoms. The van der Waals surface area contributed by atoms with E-state index in [0.717, 1.165) is 38.5 Å². The highest BCUT2D eigenvalue weighted by molar-refractivity contribution is 4.76. The minimum atomic E-state index is 0.878. The van der Waals surface area contributed by atoms with Crippen LogP contribution in [0.2, 0.25) is 0 Å². The normalized spacial score (nSPS) is 37.5. The highest BCUT2D eigenvalue weighted by Gasteiger charge is 2.42. The van der Waals surface area contributed by atoms with Crippen LogP contribution < -0.4 is 0 Å². The van der Waals surface area contributed by atoms with Gasteiger partial charge in [0.15, 0.2) is 0 Å². The van der Waals surface area contributed by atoms with E-state index in [1.54, 1.807) is 0 Å². The standard InChI is InChI=1S/C16H32N2O2/c1-17(7-11-19-12-8-17)15-3-5-16(6-4-15)18(2)9-13-20-14-10-18/h15-16H,3-14H2,1-2H3/q+2. The third-order valence-electron chi connectivity index (χ3n) is 6.42. The van der Waals surface area contributed by atoms with Gasteiger partial charge in [-0.1, -0.05) is 0 Å². The van der Waals surface area contributed by atoms with Crippen molar-refractivity contribution in [2.24, 2.45) is 0 Å². The second kappa shape index (κ2) is 5.91. The average molecular weight is 284 g/mol. The summed E-state index contributed by atoms with van der Waals surface area (Å²) in [6.45, 7) is 8.71. The van der Waals surface area contributed by atoms with Crippen LogP contribution in [0.4, 0.5) is 0 Å². The molecule has 0 radical (unpaired) electrons. The van der Waals surface area contributed by atoms with Gasteiger partial charge in [0.25, 0.3) is 0 Å². The topological polar surface area (TPSA) is 18.5 Å². The molecular weight excluding hydrogens is 252 g/mol. The molecule has 0 N–H and O–H groups in total. The Morgan fingerprint density at radius 3 is 1.20 bits per heavy atom. The maximum atomic E-state index is 5.56. The van der Waals surface area contributed by atoms with E-state index in [2.05, 4.69) is 14.1 Å². The maximum absolute atomic E-state index is 5.56. The summed E-state index contributed by atoms with van der Waals surface area (Å²) < 4.78 is 13.6. The van der Waals surface area contributed by atoms with Crippen molar-refractivity contribution in [3.8, 4) is 0 Å². The Bertz CT molecular complexity index is 282. The minimum Gasteiger partial charge on any atom is -0.370 e. The van der Waals surface area contributed by atoms with E-state index >= 15 is 0 Å². The van der Waals surface area contributed by atoms with Crippen molar-refractivity contribution in [3.63, 3.8) is 0 Å². The molecule has 3 aliphatic rings. The van der Waals surface area contributed by atoms with Crippen molar-refractivity contribution in [2.45, 2.75) is 37.8 Å². The largest absolute Gasteiger partial charge is 0.370 e. The Hall–Kier alpha value is -0.160. The first-order valence-corrected chi connectivity index (χ1v) is 8.46. The molecule has 0 aromatic rings. The highest BCUT2D eigenvalue weighted by Crippen LogP contribution is 2.33. The first-order valence-electron chi connectivity index (χ1n) is 8.46. The lowest BCUT2D eigenvalue weighted by molar-refractivity contribution is -0.955. The fraction of sp³-hybridized carbons (Fsp3) is 1.00. The van der Waals surface area contributed by atoms with E-state index in [-0.39, 0.29) is 0 Å². The van der Waals surface area contributed by atoms with Crippen LogP contribution in [0.5, 0.6) is 0 Å². The zero-order valence-electron chi connectivity index (χ0n) is 13.4. The Kier molecular flexibility index (Phi) is 4.37. The van der Waals surface area contributed by atoms with Crippen molar-refractivity contribution in [2.75, 3.05) is 66.7 Å². The first kappa shape index (κ1) is 14.8. The Morgan fingerprint density at radius 1 is 0.600 bits per heavy atom. The number of quaternary nitrogens is 2. The average Bonchev–Trinajstić information content (AvgIpc) is 2.49. The van der Waals surface area contributed by atoms with Crippen LogP contribution in [0.3, 0.4) is 0 Å². The molecule has 0 aromatic carbocycles. The van der Waals surface area contributed by atoms with Gasteiger partial charge in [-0.3, -0.25) is 0 Å². The van der Waals surface area contributed by atoms with Crippen LogP contribution in [-0.4, -0.2) is 87.8 Å². The molecule has 1 aliphatic carbocycles. The minimum absolute atomic E-state index is 0.878. The van der Waals surface area contributed by atoms with E-state index in [9.17, 15) is 0 Å². The summed E-state index contributed by atoms with van der Waals surface area (Å²) in [5.41, 5.74) is 0. The van der Waals surface area contributed by atoms with Gasteiger partial charge < -0.3 is 18.4 Å². The monoisotopic (exact) mass is 284 g/mol. The van der Waals surface area contributed by atoms with Crippen LogP contribution in [0, 0.1) is 0 Å². The third-order valence-corrected chi connectivity index (χ3v) is 6.42. The molecule has 0 bridgehead atoms. The number of hydrogen-bond acceptors (Lipinski definition) is 2. The van der Waals surface area contributed by atoms with E-state index in [4.69, 9.17) is 9.47 Å². The Labute approximate surface area is 123 Å².